The molecule has 4 rings (SSSR count). The maximum atomic E-state index is 12.6. The fourth-order valence-corrected chi connectivity index (χ4v) is 5.01. The van der Waals surface area contributed by atoms with E-state index in [0.717, 1.165) is 22.8 Å². The second-order valence-electron chi connectivity index (χ2n) is 9.41. The number of hydrogen-bond donors (Lipinski definition) is 2. The monoisotopic (exact) mass is 518 g/mol. The maximum absolute atomic E-state index is 12.6. The molecule has 0 amide bonds. The Morgan fingerprint density at radius 2 is 1.97 bits per heavy atom. The molecule has 2 aromatic heterocycles. The van der Waals surface area contributed by atoms with Crippen LogP contribution in [0.15, 0.2) is 40.8 Å². The van der Waals surface area contributed by atoms with Gasteiger partial charge in [-0.2, -0.15) is 0 Å². The van der Waals surface area contributed by atoms with E-state index in [-0.39, 0.29) is 28.4 Å². The van der Waals surface area contributed by atoms with E-state index >= 15 is 0 Å². The van der Waals surface area contributed by atoms with Crippen LogP contribution in [-0.2, 0) is 22.0 Å². The second kappa shape index (κ2) is 9.75. The molecular weight excluding hydrogens is 488 g/mol. The van der Waals surface area contributed by atoms with E-state index in [0.29, 0.717) is 29.6 Å². The first-order chi connectivity index (χ1) is 16.5. The number of rotatable bonds is 10. The van der Waals surface area contributed by atoms with Gasteiger partial charge in [0.1, 0.15) is 5.82 Å². The molecule has 3 aromatic rings. The molecule has 9 nitrogen and oxygen atoms in total. The Hall–Kier alpha value is -2.69. The fraction of sp³-hybridized carbons (Fsp3) is 0.458. The number of benzene rings is 1. The molecule has 11 heteroatoms. The van der Waals surface area contributed by atoms with Gasteiger partial charge in [-0.15, -0.1) is 10.2 Å². The Balaban J connectivity index is 1.70. The molecule has 2 heterocycles. The molecule has 35 heavy (non-hydrogen) atoms. The quantitative estimate of drug-likeness (QED) is 0.411. The Labute approximate surface area is 211 Å². The second-order valence-corrected chi connectivity index (χ2v) is 12.1. The van der Waals surface area contributed by atoms with Crippen molar-refractivity contribution in [3.05, 3.63) is 52.9 Å². The van der Waals surface area contributed by atoms with Gasteiger partial charge in [0.15, 0.2) is 5.82 Å². The van der Waals surface area contributed by atoms with E-state index in [9.17, 15) is 8.42 Å². The van der Waals surface area contributed by atoms with Crippen molar-refractivity contribution in [1.29, 1.82) is 0 Å². The third-order valence-electron chi connectivity index (χ3n) is 6.40. The lowest BCUT2D eigenvalue weighted by Crippen LogP contribution is -2.35. The highest BCUT2D eigenvalue weighted by molar-refractivity contribution is 7.92. The summed E-state index contributed by atoms with van der Waals surface area (Å²) in [6, 6.07) is 11.5. The van der Waals surface area contributed by atoms with Gasteiger partial charge in [-0.05, 0) is 50.2 Å². The van der Waals surface area contributed by atoms with Crippen LogP contribution in [0.3, 0.4) is 0 Å². The van der Waals surface area contributed by atoms with Crippen molar-refractivity contribution >= 4 is 33.3 Å². The minimum Gasteiger partial charge on any atom is -0.419 e. The van der Waals surface area contributed by atoms with Gasteiger partial charge >= 0.3 is 0 Å². The SMILES string of the molecule is CCS(=O)(=O)N(C)c1nc(NCC2CC2C)cc(-c2nnc([C@](C)(N)Cc3ccccc3)o2)c1Cl. The van der Waals surface area contributed by atoms with Crippen molar-refractivity contribution in [3.8, 4) is 11.5 Å². The van der Waals surface area contributed by atoms with Crippen LogP contribution in [-0.4, -0.2) is 42.9 Å². The van der Waals surface area contributed by atoms with Crippen LogP contribution in [0.1, 0.15) is 38.6 Å². The smallest absolute Gasteiger partial charge is 0.249 e. The topological polar surface area (TPSA) is 127 Å². The third kappa shape index (κ3) is 5.60. The van der Waals surface area contributed by atoms with E-state index in [4.69, 9.17) is 21.8 Å². The summed E-state index contributed by atoms with van der Waals surface area (Å²) in [6.07, 6.45) is 1.64. The lowest BCUT2D eigenvalue weighted by Gasteiger charge is -2.21. The first-order valence-corrected chi connectivity index (χ1v) is 13.6. The normalized spacial score (nSPS) is 19.3. The number of anilines is 2. The van der Waals surface area contributed by atoms with Crippen LogP contribution in [0, 0.1) is 11.8 Å². The first kappa shape index (κ1) is 25.4. The summed E-state index contributed by atoms with van der Waals surface area (Å²) in [4.78, 5) is 4.50. The highest BCUT2D eigenvalue weighted by atomic mass is 35.5. The standard InChI is InChI=1S/C24H31ClN6O3S/c1-5-35(32,33)31(4)21-20(25)18(12-19(28-21)27-14-17-11-15(17)2)22-29-30-23(34-22)24(3,26)13-16-9-7-6-8-10-16/h6-10,12,15,17H,5,11,13-14,26H2,1-4H3,(H,27,28)/t15?,17?,24-/m1/s1. The lowest BCUT2D eigenvalue weighted by molar-refractivity contribution is 0.355. The largest absolute Gasteiger partial charge is 0.419 e. The van der Waals surface area contributed by atoms with Crippen molar-refractivity contribution in [2.24, 2.45) is 17.6 Å². The van der Waals surface area contributed by atoms with Gasteiger partial charge in [0.25, 0.3) is 0 Å². The molecule has 1 aromatic carbocycles. The van der Waals surface area contributed by atoms with Crippen LogP contribution in [0.2, 0.25) is 5.02 Å². The minimum atomic E-state index is -3.60. The van der Waals surface area contributed by atoms with Gasteiger partial charge in [-0.1, -0.05) is 48.9 Å². The average molecular weight is 519 g/mol. The predicted octanol–water partition coefficient (Wildman–Crippen LogP) is 4.06. The summed E-state index contributed by atoms with van der Waals surface area (Å²) in [5.74, 6) is 2.09. The van der Waals surface area contributed by atoms with Crippen LogP contribution in [0.5, 0.6) is 0 Å². The van der Waals surface area contributed by atoms with Crippen LogP contribution >= 0.6 is 11.6 Å². The molecule has 1 saturated carbocycles. The van der Waals surface area contributed by atoms with Gasteiger partial charge in [0, 0.05) is 13.6 Å². The zero-order valence-electron chi connectivity index (χ0n) is 20.3. The van der Waals surface area contributed by atoms with E-state index < -0.39 is 15.6 Å². The van der Waals surface area contributed by atoms with Crippen molar-refractivity contribution in [2.75, 3.05) is 29.0 Å². The number of pyridine rings is 1. The van der Waals surface area contributed by atoms with Gasteiger partial charge in [0.05, 0.1) is 21.9 Å². The maximum Gasteiger partial charge on any atom is 0.249 e. The van der Waals surface area contributed by atoms with E-state index in [2.05, 4.69) is 27.4 Å². The number of sulfonamides is 1. The highest BCUT2D eigenvalue weighted by Crippen LogP contribution is 2.40. The lowest BCUT2D eigenvalue weighted by atomic mass is 9.94. The molecule has 0 spiro atoms. The summed E-state index contributed by atoms with van der Waals surface area (Å²) >= 11 is 6.67. The Morgan fingerprint density at radius 1 is 1.29 bits per heavy atom. The summed E-state index contributed by atoms with van der Waals surface area (Å²) in [7, 11) is -2.17. The van der Waals surface area contributed by atoms with Gasteiger partial charge in [-0.25, -0.2) is 13.4 Å². The van der Waals surface area contributed by atoms with E-state index in [1.54, 1.807) is 13.0 Å². The number of nitrogens with one attached hydrogen (secondary N) is 1. The molecule has 0 saturated heterocycles. The van der Waals surface area contributed by atoms with Crippen LogP contribution in [0.4, 0.5) is 11.6 Å². The highest BCUT2D eigenvalue weighted by Gasteiger charge is 2.33. The molecule has 0 bridgehead atoms. The summed E-state index contributed by atoms with van der Waals surface area (Å²) in [5, 5.41) is 11.8. The van der Waals surface area contributed by atoms with Crippen molar-refractivity contribution < 1.29 is 12.8 Å². The molecule has 3 N–H and O–H groups in total. The molecular formula is C24H31ClN6O3S. The fourth-order valence-electron chi connectivity index (χ4n) is 3.87. The Bertz CT molecular complexity index is 1300. The van der Waals surface area contributed by atoms with Gasteiger partial charge in [0.2, 0.25) is 21.8 Å². The van der Waals surface area contributed by atoms with Gasteiger partial charge < -0.3 is 15.5 Å². The molecule has 1 aliphatic rings. The number of aromatic nitrogens is 3. The van der Waals surface area contributed by atoms with E-state index in [1.807, 2.05) is 37.3 Å². The number of halogens is 1. The summed E-state index contributed by atoms with van der Waals surface area (Å²) in [6.45, 7) is 6.31. The number of hydrogen-bond acceptors (Lipinski definition) is 8. The Morgan fingerprint density at radius 3 is 2.60 bits per heavy atom. The molecule has 2 unspecified atom stereocenters. The van der Waals surface area contributed by atoms with Crippen LogP contribution < -0.4 is 15.4 Å². The number of nitrogens with zero attached hydrogens (tertiary/aromatic N) is 4. The van der Waals surface area contributed by atoms with Crippen molar-refractivity contribution in [1.82, 2.24) is 15.2 Å². The zero-order chi connectivity index (χ0) is 25.4. The van der Waals surface area contributed by atoms with Crippen molar-refractivity contribution in [3.63, 3.8) is 0 Å². The van der Waals surface area contributed by atoms with E-state index in [1.165, 1.54) is 7.05 Å². The van der Waals surface area contributed by atoms with Crippen LogP contribution in [0.25, 0.3) is 11.5 Å². The molecule has 0 aliphatic heterocycles. The van der Waals surface area contributed by atoms with Crippen molar-refractivity contribution in [2.45, 2.75) is 39.2 Å². The summed E-state index contributed by atoms with van der Waals surface area (Å²) in [5.41, 5.74) is 7.05. The molecule has 188 valence electrons. The Kier molecular flexibility index (Phi) is 7.08. The number of nitrogens with two attached hydrogens (primary N) is 1. The van der Waals surface area contributed by atoms with Gasteiger partial charge in [-0.3, -0.25) is 4.31 Å². The molecule has 1 fully saturated rings. The zero-order valence-corrected chi connectivity index (χ0v) is 21.9. The third-order valence-corrected chi connectivity index (χ3v) is 8.51. The molecule has 3 atom stereocenters. The molecule has 1 aliphatic carbocycles. The minimum absolute atomic E-state index is 0.0934. The summed E-state index contributed by atoms with van der Waals surface area (Å²) < 4.78 is 32.2. The molecule has 0 radical (unpaired) electrons. The predicted molar refractivity (Wildman–Crippen MR) is 138 cm³/mol. The first-order valence-electron chi connectivity index (χ1n) is 11.6. The average Bonchev–Trinajstić information content (AvgIpc) is 3.30.